The van der Waals surface area contributed by atoms with E-state index < -0.39 is 11.7 Å². The minimum atomic E-state index is -4.40. The Balaban J connectivity index is 1.63. The molecule has 0 aliphatic rings. The second kappa shape index (κ2) is 8.49. The Labute approximate surface area is 163 Å². The molecule has 0 spiro atoms. The van der Waals surface area contributed by atoms with Crippen LogP contribution in [0.3, 0.4) is 0 Å². The van der Waals surface area contributed by atoms with E-state index >= 15 is 0 Å². The zero-order valence-corrected chi connectivity index (χ0v) is 15.7. The maximum atomic E-state index is 13.1. The summed E-state index contributed by atoms with van der Waals surface area (Å²) in [6.45, 7) is 0.378. The molecule has 146 valence electrons. The molecule has 5 nitrogen and oxygen atoms in total. The molecule has 1 N–H and O–H groups in total. The second-order valence-corrected chi connectivity index (χ2v) is 7.21. The number of carbonyl (C=O) groups is 1. The van der Waals surface area contributed by atoms with Crippen molar-refractivity contribution in [2.75, 3.05) is 12.4 Å². The van der Waals surface area contributed by atoms with Crippen molar-refractivity contribution in [1.82, 2.24) is 15.1 Å². The van der Waals surface area contributed by atoms with Gasteiger partial charge in [0.15, 0.2) is 0 Å². The molecule has 1 aromatic heterocycles. The fourth-order valence-corrected chi connectivity index (χ4v) is 3.44. The van der Waals surface area contributed by atoms with Crippen LogP contribution in [0.4, 0.5) is 18.9 Å². The average Bonchev–Trinajstić information content (AvgIpc) is 3.10. The van der Waals surface area contributed by atoms with Gasteiger partial charge in [-0.15, -0.1) is 10.2 Å². The van der Waals surface area contributed by atoms with E-state index in [1.807, 2.05) is 6.07 Å². The second-order valence-electron chi connectivity index (χ2n) is 6.15. The SMILES string of the molecule is CN(Cc1nnc(C(=O)Nc2ccccc2)s1)Cc1ccccc1C(F)(F)F. The molecule has 0 atom stereocenters. The number of hydrogen-bond acceptors (Lipinski definition) is 5. The van der Waals surface area contributed by atoms with Crippen LogP contribution in [-0.4, -0.2) is 28.1 Å². The Morgan fingerprint density at radius 3 is 2.43 bits per heavy atom. The summed E-state index contributed by atoms with van der Waals surface area (Å²) in [4.78, 5) is 13.9. The van der Waals surface area contributed by atoms with Crippen molar-refractivity contribution in [3.05, 3.63) is 75.7 Å². The zero-order valence-electron chi connectivity index (χ0n) is 14.9. The van der Waals surface area contributed by atoms with Crippen molar-refractivity contribution in [2.45, 2.75) is 19.3 Å². The summed E-state index contributed by atoms with van der Waals surface area (Å²) in [5.41, 5.74) is 0.177. The Morgan fingerprint density at radius 1 is 1.04 bits per heavy atom. The highest BCUT2D eigenvalue weighted by Gasteiger charge is 2.33. The van der Waals surface area contributed by atoms with Gasteiger partial charge < -0.3 is 5.32 Å². The van der Waals surface area contributed by atoms with Gasteiger partial charge in [-0.2, -0.15) is 13.2 Å². The number of hydrogen-bond donors (Lipinski definition) is 1. The Kier molecular flexibility index (Phi) is 6.05. The monoisotopic (exact) mass is 406 g/mol. The minimum Gasteiger partial charge on any atom is -0.320 e. The number of anilines is 1. The molecule has 0 bridgehead atoms. The lowest BCUT2D eigenvalue weighted by atomic mass is 10.1. The highest BCUT2D eigenvalue weighted by atomic mass is 32.1. The molecule has 1 amide bonds. The van der Waals surface area contributed by atoms with E-state index in [1.54, 1.807) is 42.3 Å². The molecular weight excluding hydrogens is 389 g/mol. The fourth-order valence-electron chi connectivity index (χ4n) is 2.63. The highest BCUT2D eigenvalue weighted by Crippen LogP contribution is 2.32. The summed E-state index contributed by atoms with van der Waals surface area (Å²) in [5.74, 6) is -0.375. The fraction of sp³-hybridized carbons (Fsp3) is 0.211. The number of carbonyl (C=O) groups excluding carboxylic acids is 1. The van der Waals surface area contributed by atoms with Crippen LogP contribution in [-0.2, 0) is 19.3 Å². The maximum Gasteiger partial charge on any atom is 0.416 e. The molecular formula is C19H17F3N4OS. The standard InChI is InChI=1S/C19H17F3N4OS/c1-26(11-13-7-5-6-10-15(13)19(20,21)22)12-16-24-25-18(28-16)17(27)23-14-8-3-2-4-9-14/h2-10H,11-12H2,1H3,(H,23,27). The number of nitrogens with zero attached hydrogens (tertiary/aromatic N) is 3. The van der Waals surface area contributed by atoms with Gasteiger partial charge in [-0.25, -0.2) is 0 Å². The number of halogens is 3. The maximum absolute atomic E-state index is 13.1. The van der Waals surface area contributed by atoms with Gasteiger partial charge in [0.2, 0.25) is 5.01 Å². The van der Waals surface area contributed by atoms with Gasteiger partial charge in [-0.1, -0.05) is 47.7 Å². The molecule has 0 saturated heterocycles. The summed E-state index contributed by atoms with van der Waals surface area (Å²) in [5, 5.41) is 11.3. The largest absolute Gasteiger partial charge is 0.416 e. The summed E-state index contributed by atoms with van der Waals surface area (Å²) in [6.07, 6.45) is -4.40. The minimum absolute atomic E-state index is 0.0980. The van der Waals surface area contributed by atoms with E-state index in [0.717, 1.165) is 17.4 Å². The Hall–Kier alpha value is -2.78. The molecule has 1 heterocycles. The molecule has 0 unspecified atom stereocenters. The summed E-state index contributed by atoms with van der Waals surface area (Å²) in [6, 6.07) is 14.4. The van der Waals surface area contributed by atoms with Gasteiger partial charge in [0.25, 0.3) is 5.91 Å². The predicted octanol–water partition coefficient (Wildman–Crippen LogP) is 4.44. The quantitative estimate of drug-likeness (QED) is 0.658. The average molecular weight is 406 g/mol. The van der Waals surface area contributed by atoms with E-state index in [1.165, 1.54) is 12.1 Å². The summed E-state index contributed by atoms with van der Waals surface area (Å²) >= 11 is 1.11. The lowest BCUT2D eigenvalue weighted by Crippen LogP contribution is -2.20. The number of alkyl halides is 3. The van der Waals surface area contributed by atoms with Crippen molar-refractivity contribution in [3.63, 3.8) is 0 Å². The first-order valence-corrected chi connectivity index (χ1v) is 9.17. The van der Waals surface area contributed by atoms with Crippen LogP contribution in [0.15, 0.2) is 54.6 Å². The lowest BCUT2D eigenvalue weighted by molar-refractivity contribution is -0.138. The lowest BCUT2D eigenvalue weighted by Gasteiger charge is -2.18. The number of benzene rings is 2. The van der Waals surface area contributed by atoms with Gasteiger partial charge in [0.05, 0.1) is 12.1 Å². The number of amides is 1. The van der Waals surface area contributed by atoms with Gasteiger partial charge in [0.1, 0.15) is 5.01 Å². The molecule has 0 radical (unpaired) electrons. The number of para-hydroxylation sites is 1. The van der Waals surface area contributed by atoms with E-state index in [0.29, 0.717) is 10.7 Å². The van der Waals surface area contributed by atoms with Crippen molar-refractivity contribution in [1.29, 1.82) is 0 Å². The first-order chi connectivity index (χ1) is 13.3. The Morgan fingerprint density at radius 2 is 1.71 bits per heavy atom. The number of rotatable bonds is 6. The van der Waals surface area contributed by atoms with E-state index in [4.69, 9.17) is 0 Å². The van der Waals surface area contributed by atoms with Crippen LogP contribution in [0.5, 0.6) is 0 Å². The molecule has 28 heavy (non-hydrogen) atoms. The van der Waals surface area contributed by atoms with Crippen LogP contribution in [0, 0.1) is 0 Å². The van der Waals surface area contributed by atoms with Gasteiger partial charge >= 0.3 is 6.18 Å². The van der Waals surface area contributed by atoms with Crippen molar-refractivity contribution in [2.24, 2.45) is 0 Å². The molecule has 9 heteroatoms. The molecule has 3 rings (SSSR count). The molecule has 0 aliphatic carbocycles. The molecule has 0 saturated carbocycles. The molecule has 0 fully saturated rings. The van der Waals surface area contributed by atoms with Gasteiger partial charge in [-0.05, 0) is 30.8 Å². The van der Waals surface area contributed by atoms with Gasteiger partial charge in [-0.3, -0.25) is 9.69 Å². The van der Waals surface area contributed by atoms with E-state index in [9.17, 15) is 18.0 Å². The number of nitrogens with one attached hydrogen (secondary N) is 1. The van der Waals surface area contributed by atoms with E-state index in [-0.39, 0.29) is 29.6 Å². The smallest absolute Gasteiger partial charge is 0.320 e. The third-order valence-electron chi connectivity index (χ3n) is 3.86. The van der Waals surface area contributed by atoms with Crippen LogP contribution >= 0.6 is 11.3 Å². The first kappa shape index (κ1) is 20.0. The van der Waals surface area contributed by atoms with Crippen LogP contribution in [0.25, 0.3) is 0 Å². The third kappa shape index (κ3) is 5.14. The summed E-state index contributed by atoms with van der Waals surface area (Å²) in [7, 11) is 1.69. The van der Waals surface area contributed by atoms with Crippen LogP contribution in [0.1, 0.15) is 25.9 Å². The van der Waals surface area contributed by atoms with Crippen molar-refractivity contribution in [3.8, 4) is 0 Å². The third-order valence-corrected chi connectivity index (χ3v) is 4.77. The van der Waals surface area contributed by atoms with Crippen LogP contribution < -0.4 is 5.32 Å². The topological polar surface area (TPSA) is 58.1 Å². The first-order valence-electron chi connectivity index (χ1n) is 8.35. The Bertz CT molecular complexity index is 944. The van der Waals surface area contributed by atoms with Crippen LogP contribution in [0.2, 0.25) is 0 Å². The highest BCUT2D eigenvalue weighted by molar-refractivity contribution is 7.13. The molecule has 0 aliphatic heterocycles. The zero-order chi connectivity index (χ0) is 20.1. The predicted molar refractivity (Wildman–Crippen MR) is 101 cm³/mol. The molecule has 2 aromatic carbocycles. The summed E-state index contributed by atoms with van der Waals surface area (Å²) < 4.78 is 39.3. The van der Waals surface area contributed by atoms with Crippen molar-refractivity contribution >= 4 is 22.9 Å². The van der Waals surface area contributed by atoms with E-state index in [2.05, 4.69) is 15.5 Å². The normalized spacial score (nSPS) is 11.6. The van der Waals surface area contributed by atoms with Gasteiger partial charge in [0, 0.05) is 12.2 Å². The number of aromatic nitrogens is 2. The molecule has 3 aromatic rings. The van der Waals surface area contributed by atoms with Crippen molar-refractivity contribution < 1.29 is 18.0 Å².